The number of rotatable bonds is 0. The maximum absolute atomic E-state index is 12.0. The van der Waals surface area contributed by atoms with Crippen molar-refractivity contribution in [3.8, 4) is 0 Å². The van der Waals surface area contributed by atoms with Crippen molar-refractivity contribution >= 4 is 5.78 Å². The Kier molecular flexibility index (Phi) is 2.83. The molecular formula is C18H28O. The zero-order chi connectivity index (χ0) is 13.0. The first-order valence-corrected chi connectivity index (χ1v) is 8.69. The highest BCUT2D eigenvalue weighted by Gasteiger charge is 2.55. The summed E-state index contributed by atoms with van der Waals surface area (Å²) < 4.78 is 0. The van der Waals surface area contributed by atoms with Gasteiger partial charge >= 0.3 is 0 Å². The van der Waals surface area contributed by atoms with E-state index < -0.39 is 0 Å². The highest BCUT2D eigenvalue weighted by Crippen LogP contribution is 2.61. The van der Waals surface area contributed by atoms with E-state index >= 15 is 0 Å². The van der Waals surface area contributed by atoms with E-state index in [-0.39, 0.29) is 0 Å². The monoisotopic (exact) mass is 260 g/mol. The van der Waals surface area contributed by atoms with Crippen LogP contribution in [0.5, 0.6) is 0 Å². The van der Waals surface area contributed by atoms with Crippen molar-refractivity contribution in [3.05, 3.63) is 0 Å². The van der Waals surface area contributed by atoms with Gasteiger partial charge in [-0.1, -0.05) is 26.2 Å². The Labute approximate surface area is 117 Å². The molecule has 0 N–H and O–H groups in total. The minimum Gasteiger partial charge on any atom is -0.300 e. The van der Waals surface area contributed by atoms with Crippen LogP contribution < -0.4 is 0 Å². The van der Waals surface area contributed by atoms with Crippen LogP contribution in [0.3, 0.4) is 0 Å². The molecule has 1 nitrogen and oxygen atoms in total. The Hall–Kier alpha value is -0.330. The molecule has 4 rings (SSSR count). The number of Topliss-reactive ketones (excluding diaryl/α,β-unsaturated/α-hetero) is 1. The molecular weight excluding hydrogens is 232 g/mol. The van der Waals surface area contributed by atoms with E-state index in [1.54, 1.807) is 0 Å². The molecule has 0 aromatic heterocycles. The van der Waals surface area contributed by atoms with Crippen LogP contribution in [0.2, 0.25) is 0 Å². The van der Waals surface area contributed by atoms with Gasteiger partial charge in [0.25, 0.3) is 0 Å². The van der Waals surface area contributed by atoms with Crippen molar-refractivity contribution in [2.24, 2.45) is 35.0 Å². The quantitative estimate of drug-likeness (QED) is 0.622. The van der Waals surface area contributed by atoms with E-state index in [1.807, 2.05) is 0 Å². The second kappa shape index (κ2) is 4.33. The van der Waals surface area contributed by atoms with E-state index in [2.05, 4.69) is 6.92 Å². The predicted molar refractivity (Wildman–Crippen MR) is 76.7 cm³/mol. The van der Waals surface area contributed by atoms with E-state index in [0.717, 1.165) is 42.4 Å². The van der Waals surface area contributed by atoms with Crippen LogP contribution in [-0.4, -0.2) is 5.78 Å². The Morgan fingerprint density at radius 1 is 0.947 bits per heavy atom. The first-order chi connectivity index (χ1) is 9.17. The van der Waals surface area contributed by atoms with E-state index in [9.17, 15) is 4.79 Å². The Bertz CT molecular complexity index is 387. The van der Waals surface area contributed by atoms with Crippen molar-refractivity contribution in [2.45, 2.75) is 71.1 Å². The summed E-state index contributed by atoms with van der Waals surface area (Å²) in [7, 11) is 0. The second-order valence-electron chi connectivity index (χ2n) is 8.33. The fourth-order valence-corrected chi connectivity index (χ4v) is 6.61. The lowest BCUT2D eigenvalue weighted by Gasteiger charge is -2.54. The van der Waals surface area contributed by atoms with Gasteiger partial charge in [-0.15, -0.1) is 0 Å². The molecule has 19 heavy (non-hydrogen) atoms. The maximum atomic E-state index is 12.0. The number of carbonyl (C=O) groups is 1. The van der Waals surface area contributed by atoms with Crippen molar-refractivity contribution < 1.29 is 4.79 Å². The van der Waals surface area contributed by atoms with Crippen LogP contribution in [0, 0.1) is 35.0 Å². The molecule has 4 fully saturated rings. The van der Waals surface area contributed by atoms with Crippen LogP contribution in [0.4, 0.5) is 0 Å². The van der Waals surface area contributed by atoms with Gasteiger partial charge in [0.1, 0.15) is 5.78 Å². The first-order valence-electron chi connectivity index (χ1n) is 8.69. The van der Waals surface area contributed by atoms with Gasteiger partial charge in [-0.3, -0.25) is 4.79 Å². The highest BCUT2D eigenvalue weighted by molar-refractivity contribution is 5.82. The second-order valence-corrected chi connectivity index (χ2v) is 8.33. The molecule has 1 heteroatoms. The van der Waals surface area contributed by atoms with Crippen LogP contribution in [0.15, 0.2) is 0 Å². The summed E-state index contributed by atoms with van der Waals surface area (Å²) in [5, 5.41) is 0. The summed E-state index contributed by atoms with van der Waals surface area (Å²) in [4.78, 5) is 12.0. The maximum Gasteiger partial charge on any atom is 0.133 e. The van der Waals surface area contributed by atoms with Gasteiger partial charge in [-0.2, -0.15) is 0 Å². The van der Waals surface area contributed by atoms with Gasteiger partial charge in [-0.05, 0) is 67.1 Å². The molecule has 4 saturated carbocycles. The van der Waals surface area contributed by atoms with Crippen LogP contribution in [-0.2, 0) is 4.79 Å². The molecule has 0 aromatic rings. The van der Waals surface area contributed by atoms with Crippen molar-refractivity contribution in [3.63, 3.8) is 0 Å². The zero-order valence-corrected chi connectivity index (χ0v) is 12.4. The topological polar surface area (TPSA) is 17.1 Å². The average Bonchev–Trinajstić information content (AvgIpc) is 2.73. The Balaban J connectivity index is 1.60. The van der Waals surface area contributed by atoms with Gasteiger partial charge < -0.3 is 0 Å². The average molecular weight is 260 g/mol. The number of carbonyl (C=O) groups excluding carboxylic acids is 1. The van der Waals surface area contributed by atoms with Gasteiger partial charge in [0.05, 0.1) is 0 Å². The largest absolute Gasteiger partial charge is 0.300 e. The Morgan fingerprint density at radius 3 is 2.68 bits per heavy atom. The smallest absolute Gasteiger partial charge is 0.133 e. The van der Waals surface area contributed by atoms with E-state index in [1.165, 1.54) is 51.4 Å². The van der Waals surface area contributed by atoms with Gasteiger partial charge in [0, 0.05) is 12.8 Å². The normalized spacial score (nSPS) is 53.3. The molecule has 4 aliphatic carbocycles. The molecule has 0 saturated heterocycles. The third-order valence-electron chi connectivity index (χ3n) is 7.45. The molecule has 0 amide bonds. The number of ketones is 1. The standard InChI is InChI=1S/C18H28O/c1-18-9-8-15-14-5-3-2-4-12(14)6-7-16(15)17(18)10-13(19)11-18/h12,14-17H,2-11H2,1H3. The van der Waals surface area contributed by atoms with Crippen molar-refractivity contribution in [2.75, 3.05) is 0 Å². The van der Waals surface area contributed by atoms with Gasteiger partial charge in [0.15, 0.2) is 0 Å². The predicted octanol–water partition coefficient (Wildman–Crippen LogP) is 4.60. The minimum absolute atomic E-state index is 0.389. The number of hydrogen-bond donors (Lipinski definition) is 0. The van der Waals surface area contributed by atoms with E-state index in [4.69, 9.17) is 0 Å². The number of fused-ring (bicyclic) bond motifs is 5. The Morgan fingerprint density at radius 2 is 1.79 bits per heavy atom. The van der Waals surface area contributed by atoms with E-state index in [0.29, 0.717) is 11.2 Å². The molecule has 4 aliphatic rings. The van der Waals surface area contributed by atoms with Gasteiger partial charge in [-0.25, -0.2) is 0 Å². The third-order valence-corrected chi connectivity index (χ3v) is 7.45. The van der Waals surface area contributed by atoms with Crippen molar-refractivity contribution in [1.29, 1.82) is 0 Å². The summed E-state index contributed by atoms with van der Waals surface area (Å²) in [5.41, 5.74) is 0.389. The highest BCUT2D eigenvalue weighted by atomic mass is 16.1. The fraction of sp³-hybridized carbons (Fsp3) is 0.944. The molecule has 0 radical (unpaired) electrons. The van der Waals surface area contributed by atoms with Crippen LogP contribution >= 0.6 is 0 Å². The minimum atomic E-state index is 0.389. The lowest BCUT2D eigenvalue weighted by Crippen LogP contribution is -2.46. The van der Waals surface area contributed by atoms with Crippen LogP contribution in [0.25, 0.3) is 0 Å². The summed E-state index contributed by atoms with van der Waals surface area (Å²) in [6.07, 6.45) is 13.5. The van der Waals surface area contributed by atoms with Crippen LogP contribution in [0.1, 0.15) is 71.1 Å². The third kappa shape index (κ3) is 1.83. The molecule has 0 aromatic carbocycles. The van der Waals surface area contributed by atoms with Gasteiger partial charge in [0.2, 0.25) is 0 Å². The molecule has 0 spiro atoms. The first kappa shape index (κ1) is 12.4. The van der Waals surface area contributed by atoms with Crippen molar-refractivity contribution in [1.82, 2.24) is 0 Å². The summed E-state index contributed by atoms with van der Waals surface area (Å²) in [6, 6.07) is 0. The summed E-state index contributed by atoms with van der Waals surface area (Å²) in [5.74, 6) is 5.30. The summed E-state index contributed by atoms with van der Waals surface area (Å²) >= 11 is 0. The zero-order valence-electron chi connectivity index (χ0n) is 12.4. The lowest BCUT2D eigenvalue weighted by molar-refractivity contribution is -0.118. The lowest BCUT2D eigenvalue weighted by atomic mass is 9.51. The molecule has 6 unspecified atom stereocenters. The fourth-order valence-electron chi connectivity index (χ4n) is 6.61. The summed E-state index contributed by atoms with van der Waals surface area (Å²) in [6.45, 7) is 2.42. The number of hydrogen-bond acceptors (Lipinski definition) is 1. The molecule has 0 aliphatic heterocycles. The molecule has 0 heterocycles. The molecule has 6 atom stereocenters. The molecule has 106 valence electrons. The SMILES string of the molecule is CC12CCC3C4CCCCC4CCC3C1CC(=O)C2. The molecule has 0 bridgehead atoms.